The van der Waals surface area contributed by atoms with E-state index in [9.17, 15) is 19.5 Å². The molecule has 3 aromatic rings. The predicted molar refractivity (Wildman–Crippen MR) is 122 cm³/mol. The Morgan fingerprint density at radius 1 is 1.28 bits per heavy atom. The maximum absolute atomic E-state index is 13.0. The Balaban J connectivity index is 1.91. The first-order valence-electron chi connectivity index (χ1n) is 10.3. The third-order valence-electron chi connectivity index (χ3n) is 5.09. The van der Waals surface area contributed by atoms with Gasteiger partial charge >= 0.3 is 5.97 Å². The van der Waals surface area contributed by atoms with Gasteiger partial charge in [0.2, 0.25) is 5.43 Å². The molecule has 0 spiro atoms. The van der Waals surface area contributed by atoms with Gasteiger partial charge in [0.15, 0.2) is 6.10 Å². The highest BCUT2D eigenvalue weighted by Gasteiger charge is 2.27. The monoisotopic (exact) mass is 458 g/mol. The van der Waals surface area contributed by atoms with Crippen LogP contribution in [0.5, 0.6) is 5.75 Å². The minimum absolute atomic E-state index is 0.186. The fraction of sp³-hybridized carbons (Fsp3) is 0.391. The van der Waals surface area contributed by atoms with Crippen LogP contribution in [0.4, 0.5) is 0 Å². The molecule has 2 aromatic heterocycles. The first-order valence-corrected chi connectivity index (χ1v) is 11.2. The van der Waals surface area contributed by atoms with Crippen molar-refractivity contribution in [2.24, 2.45) is 5.92 Å². The molecule has 1 aromatic carbocycles. The van der Waals surface area contributed by atoms with Crippen LogP contribution < -0.4 is 15.5 Å². The highest BCUT2D eigenvalue weighted by Crippen LogP contribution is 2.29. The zero-order chi connectivity index (χ0) is 23.6. The summed E-state index contributed by atoms with van der Waals surface area (Å²) < 4.78 is 11.6. The van der Waals surface area contributed by atoms with Gasteiger partial charge < -0.3 is 19.6 Å². The average molecular weight is 459 g/mol. The molecule has 9 heteroatoms. The van der Waals surface area contributed by atoms with Crippen LogP contribution in [0.25, 0.3) is 21.5 Å². The second-order valence-electron chi connectivity index (χ2n) is 7.91. The Bertz CT molecular complexity index is 1210. The normalized spacial score (nSPS) is 13.2. The van der Waals surface area contributed by atoms with Gasteiger partial charge in [-0.05, 0) is 37.8 Å². The number of aryl methyl sites for hydroxylation is 2. The number of hydrogen-bond donors (Lipinski definition) is 2. The summed E-state index contributed by atoms with van der Waals surface area (Å²) in [6.45, 7) is 8.74. The lowest BCUT2D eigenvalue weighted by Crippen LogP contribution is -2.48. The number of amides is 1. The Hall–Kier alpha value is -3.20. The zero-order valence-corrected chi connectivity index (χ0v) is 19.4. The second kappa shape index (κ2) is 9.52. The van der Waals surface area contributed by atoms with Crippen molar-refractivity contribution in [1.82, 2.24) is 10.3 Å². The molecule has 0 aliphatic rings. The molecule has 32 heavy (non-hydrogen) atoms. The summed E-state index contributed by atoms with van der Waals surface area (Å²) in [4.78, 5) is 41.3. The Morgan fingerprint density at radius 3 is 2.56 bits per heavy atom. The summed E-state index contributed by atoms with van der Waals surface area (Å²) in [5.74, 6) is -1.52. The highest BCUT2D eigenvalue weighted by atomic mass is 32.1. The number of nitrogens with zero attached hydrogens (tertiary/aromatic N) is 1. The molecule has 3 rings (SSSR count). The Kier molecular flexibility index (Phi) is 6.98. The summed E-state index contributed by atoms with van der Waals surface area (Å²) in [5.41, 5.74) is 2.10. The molecular weight excluding hydrogens is 432 g/mol. The molecule has 0 saturated heterocycles. The molecule has 0 aliphatic heterocycles. The first kappa shape index (κ1) is 23.5. The number of carboxylic acid groups (broad SMARTS) is 1. The fourth-order valence-electron chi connectivity index (χ4n) is 3.24. The summed E-state index contributed by atoms with van der Waals surface area (Å²) >= 11 is 1.38. The standard InChI is InChI=1S/C23H26N2O6S/c1-6-14-7-15-18(30-9-16(20(15)26)22-24-12(4)10-32-22)8-17(14)31-13(5)21(27)25-19(11(2)3)23(28)29/h7-11,13,19H,6H2,1-5H3,(H,25,27)(H,28,29). The van der Waals surface area contributed by atoms with Gasteiger partial charge in [-0.3, -0.25) is 9.59 Å². The van der Waals surface area contributed by atoms with E-state index in [0.717, 1.165) is 11.3 Å². The molecule has 0 bridgehead atoms. The van der Waals surface area contributed by atoms with E-state index >= 15 is 0 Å². The van der Waals surface area contributed by atoms with E-state index in [1.165, 1.54) is 17.6 Å². The van der Waals surface area contributed by atoms with E-state index in [1.54, 1.807) is 32.9 Å². The van der Waals surface area contributed by atoms with E-state index in [-0.39, 0.29) is 11.3 Å². The number of carboxylic acids is 1. The van der Waals surface area contributed by atoms with Crippen molar-refractivity contribution in [3.8, 4) is 16.3 Å². The van der Waals surface area contributed by atoms with Crippen molar-refractivity contribution in [2.45, 2.75) is 53.2 Å². The van der Waals surface area contributed by atoms with Crippen LogP contribution in [0.3, 0.4) is 0 Å². The first-order chi connectivity index (χ1) is 15.1. The topological polar surface area (TPSA) is 119 Å². The van der Waals surface area contributed by atoms with Crippen LogP contribution in [0, 0.1) is 12.8 Å². The molecular formula is C23H26N2O6S. The maximum atomic E-state index is 13.0. The predicted octanol–water partition coefficient (Wildman–Crippen LogP) is 3.78. The van der Waals surface area contributed by atoms with E-state index in [4.69, 9.17) is 9.15 Å². The smallest absolute Gasteiger partial charge is 0.326 e. The summed E-state index contributed by atoms with van der Waals surface area (Å²) in [5, 5.41) is 14.7. The number of aliphatic carboxylic acids is 1. The van der Waals surface area contributed by atoms with Gasteiger partial charge in [0.05, 0.1) is 10.9 Å². The number of nitrogens with one attached hydrogen (secondary N) is 1. The highest BCUT2D eigenvalue weighted by molar-refractivity contribution is 7.13. The van der Waals surface area contributed by atoms with Crippen LogP contribution in [0.15, 0.2) is 33.0 Å². The van der Waals surface area contributed by atoms with Crippen molar-refractivity contribution in [3.05, 3.63) is 45.3 Å². The molecule has 2 atom stereocenters. The summed E-state index contributed by atoms with van der Waals surface area (Å²) in [6.07, 6.45) is 1.00. The van der Waals surface area contributed by atoms with Gasteiger partial charge in [0.1, 0.15) is 28.6 Å². The molecule has 170 valence electrons. The molecule has 0 radical (unpaired) electrons. The Labute approximate surface area is 189 Å². The number of thiazole rings is 1. The quantitative estimate of drug-likeness (QED) is 0.527. The number of aromatic nitrogens is 1. The van der Waals surface area contributed by atoms with Crippen molar-refractivity contribution in [3.63, 3.8) is 0 Å². The van der Waals surface area contributed by atoms with Crippen LogP contribution in [-0.4, -0.2) is 34.1 Å². The summed E-state index contributed by atoms with van der Waals surface area (Å²) in [7, 11) is 0. The molecule has 2 N–H and O–H groups in total. The van der Waals surface area contributed by atoms with Crippen LogP contribution >= 0.6 is 11.3 Å². The summed E-state index contributed by atoms with van der Waals surface area (Å²) in [6, 6.07) is 2.29. The van der Waals surface area contributed by atoms with Gasteiger partial charge in [-0.1, -0.05) is 20.8 Å². The van der Waals surface area contributed by atoms with E-state index in [2.05, 4.69) is 10.3 Å². The lowest BCUT2D eigenvalue weighted by Gasteiger charge is -2.22. The van der Waals surface area contributed by atoms with Gasteiger partial charge in [0.25, 0.3) is 5.91 Å². The molecule has 0 aliphatic carbocycles. The second-order valence-corrected chi connectivity index (χ2v) is 8.77. The van der Waals surface area contributed by atoms with Gasteiger partial charge in [0, 0.05) is 17.1 Å². The number of carbonyl (C=O) groups is 2. The average Bonchev–Trinajstić information content (AvgIpc) is 3.17. The maximum Gasteiger partial charge on any atom is 0.326 e. The van der Waals surface area contributed by atoms with E-state index in [1.807, 2.05) is 19.2 Å². The van der Waals surface area contributed by atoms with Gasteiger partial charge in [-0.25, -0.2) is 9.78 Å². The molecule has 2 heterocycles. The molecule has 8 nitrogen and oxygen atoms in total. The van der Waals surface area contributed by atoms with Crippen LogP contribution in [0.2, 0.25) is 0 Å². The minimum atomic E-state index is -1.10. The van der Waals surface area contributed by atoms with Gasteiger partial charge in [-0.15, -0.1) is 11.3 Å². The molecule has 1 amide bonds. The number of ether oxygens (including phenoxy) is 1. The van der Waals surface area contributed by atoms with Crippen molar-refractivity contribution >= 4 is 34.2 Å². The molecule has 0 saturated carbocycles. The number of carbonyl (C=O) groups excluding carboxylic acids is 1. The van der Waals surface area contributed by atoms with Crippen molar-refractivity contribution < 1.29 is 23.8 Å². The molecule has 2 unspecified atom stereocenters. The SMILES string of the molecule is CCc1cc2c(=O)c(-c3nc(C)cs3)coc2cc1OC(C)C(=O)NC(C(=O)O)C(C)C. The number of fused-ring (bicyclic) bond motifs is 1. The van der Waals surface area contributed by atoms with Crippen LogP contribution in [0.1, 0.15) is 39.0 Å². The zero-order valence-electron chi connectivity index (χ0n) is 18.6. The Morgan fingerprint density at radius 2 is 2.00 bits per heavy atom. The minimum Gasteiger partial charge on any atom is -0.480 e. The van der Waals surface area contributed by atoms with Crippen molar-refractivity contribution in [2.75, 3.05) is 0 Å². The third-order valence-corrected chi connectivity index (χ3v) is 6.08. The van der Waals surface area contributed by atoms with E-state index < -0.39 is 24.0 Å². The lowest BCUT2D eigenvalue weighted by atomic mass is 10.0. The largest absolute Gasteiger partial charge is 0.480 e. The van der Waals surface area contributed by atoms with E-state index in [0.29, 0.717) is 33.7 Å². The number of hydrogen-bond acceptors (Lipinski definition) is 7. The van der Waals surface area contributed by atoms with Gasteiger partial charge in [-0.2, -0.15) is 0 Å². The lowest BCUT2D eigenvalue weighted by molar-refractivity contribution is -0.144. The fourth-order valence-corrected chi connectivity index (χ4v) is 4.04. The third kappa shape index (κ3) is 4.83. The van der Waals surface area contributed by atoms with Crippen molar-refractivity contribution in [1.29, 1.82) is 0 Å². The number of benzene rings is 1. The molecule has 0 fully saturated rings. The van der Waals surface area contributed by atoms with Crippen LogP contribution in [-0.2, 0) is 16.0 Å². The number of rotatable bonds is 8.